The zero-order chi connectivity index (χ0) is 16.5. The molecule has 0 saturated carbocycles. The van der Waals surface area contributed by atoms with E-state index in [1.54, 1.807) is 11.8 Å². The Morgan fingerprint density at radius 1 is 1.39 bits per heavy atom. The molecule has 1 heterocycles. The molecule has 1 aliphatic rings. The lowest BCUT2D eigenvalue weighted by molar-refractivity contribution is -0.901. The van der Waals surface area contributed by atoms with Gasteiger partial charge < -0.3 is 9.64 Å². The van der Waals surface area contributed by atoms with Crippen molar-refractivity contribution in [2.45, 2.75) is 32.9 Å². The van der Waals surface area contributed by atoms with Crippen molar-refractivity contribution < 1.29 is 14.4 Å². The number of benzene rings is 1. The summed E-state index contributed by atoms with van der Waals surface area (Å²) in [6.07, 6.45) is 4.01. The van der Waals surface area contributed by atoms with Gasteiger partial charge >= 0.3 is 5.97 Å². The number of likely N-dealkylation sites (tertiary alicyclic amines) is 1. The van der Waals surface area contributed by atoms with Crippen molar-refractivity contribution in [3.63, 3.8) is 0 Å². The van der Waals surface area contributed by atoms with E-state index in [1.807, 2.05) is 12.1 Å². The largest absolute Gasteiger partial charge is 0.465 e. The van der Waals surface area contributed by atoms with E-state index in [1.165, 1.54) is 37.7 Å². The van der Waals surface area contributed by atoms with E-state index >= 15 is 0 Å². The van der Waals surface area contributed by atoms with Crippen LogP contribution in [0.3, 0.4) is 0 Å². The van der Waals surface area contributed by atoms with Crippen LogP contribution in [0, 0.1) is 17.2 Å². The number of hydrogen-bond acceptors (Lipinski definition) is 4. The maximum absolute atomic E-state index is 11.6. The number of esters is 1. The van der Waals surface area contributed by atoms with Crippen molar-refractivity contribution in [3.05, 3.63) is 35.4 Å². The lowest BCUT2D eigenvalue weighted by atomic mass is 10.1. The van der Waals surface area contributed by atoms with E-state index in [-0.39, 0.29) is 6.61 Å². The molecule has 122 valence electrons. The number of quaternary nitrogens is 1. The van der Waals surface area contributed by atoms with Crippen molar-refractivity contribution in [2.24, 2.45) is 10.9 Å². The molecule has 0 unspecified atom stereocenters. The molecule has 0 amide bonds. The summed E-state index contributed by atoms with van der Waals surface area (Å²) < 4.78 is 4.85. The molecule has 1 saturated heterocycles. The van der Waals surface area contributed by atoms with Gasteiger partial charge in [-0.3, -0.25) is 9.79 Å². The number of nitrogens with zero attached hydrogens (tertiary/aromatic N) is 2. The second-order valence-corrected chi connectivity index (χ2v) is 5.75. The third-order valence-electron chi connectivity index (χ3n) is 4.07. The summed E-state index contributed by atoms with van der Waals surface area (Å²) in [7, 11) is 0. The van der Waals surface area contributed by atoms with E-state index in [0.717, 1.165) is 12.1 Å². The molecule has 1 N–H and O–H groups in total. The number of hydrogen-bond donors (Lipinski definition) is 1. The quantitative estimate of drug-likeness (QED) is 0.606. The summed E-state index contributed by atoms with van der Waals surface area (Å²) in [5, 5.41) is 9.02. The highest BCUT2D eigenvalue weighted by Crippen LogP contribution is 2.10. The van der Waals surface area contributed by atoms with Gasteiger partial charge in [0.05, 0.1) is 32.3 Å². The van der Waals surface area contributed by atoms with Crippen LogP contribution in [0.15, 0.2) is 29.3 Å². The summed E-state index contributed by atoms with van der Waals surface area (Å²) >= 11 is 0. The average molecular weight is 314 g/mol. The van der Waals surface area contributed by atoms with Crippen molar-refractivity contribution in [1.29, 1.82) is 5.26 Å². The number of nitrogens with one attached hydrogen (secondary N) is 1. The second kappa shape index (κ2) is 9.06. The molecular formula is C18H24N3O2+. The molecule has 0 bridgehead atoms. The number of carbonyl (C=O) groups is 1. The Labute approximate surface area is 137 Å². The standard InChI is InChI=1S/C18H23N3O2/c1-2-23-18(22)17(11-19)13-20-12-15-7-3-4-8-16(15)14-21-9-5-6-10-21/h3-4,7-8,13,17H,2,5-6,9-10,12,14H2,1H3/p+1/t17-/m1/s1. The topological polar surface area (TPSA) is 66.9 Å². The van der Waals surface area contributed by atoms with Gasteiger partial charge in [-0.05, 0) is 12.5 Å². The van der Waals surface area contributed by atoms with Gasteiger partial charge in [0.25, 0.3) is 0 Å². The van der Waals surface area contributed by atoms with Gasteiger partial charge in [-0.25, -0.2) is 0 Å². The van der Waals surface area contributed by atoms with Gasteiger partial charge in [0, 0.05) is 24.6 Å². The highest BCUT2D eigenvalue weighted by atomic mass is 16.5. The van der Waals surface area contributed by atoms with E-state index in [0.29, 0.717) is 6.54 Å². The third-order valence-corrected chi connectivity index (χ3v) is 4.07. The first-order valence-electron chi connectivity index (χ1n) is 8.21. The fraction of sp³-hybridized carbons (Fsp3) is 0.500. The Kier molecular flexibility index (Phi) is 6.76. The van der Waals surface area contributed by atoms with Crippen LogP contribution in [-0.4, -0.2) is 31.9 Å². The second-order valence-electron chi connectivity index (χ2n) is 5.75. The molecule has 0 aromatic heterocycles. The number of rotatable bonds is 7. The first-order valence-corrected chi connectivity index (χ1v) is 8.21. The molecule has 1 aromatic rings. The first kappa shape index (κ1) is 17.2. The van der Waals surface area contributed by atoms with Crippen molar-refractivity contribution in [2.75, 3.05) is 19.7 Å². The fourth-order valence-corrected chi connectivity index (χ4v) is 2.84. The molecule has 2 rings (SSSR count). The van der Waals surface area contributed by atoms with Crippen LogP contribution in [0.4, 0.5) is 0 Å². The summed E-state index contributed by atoms with van der Waals surface area (Å²) in [6, 6.07) is 10.2. The highest BCUT2D eigenvalue weighted by molar-refractivity contribution is 5.92. The van der Waals surface area contributed by atoms with Crippen LogP contribution in [0.2, 0.25) is 0 Å². The number of carbonyl (C=O) groups excluding carboxylic acids is 1. The maximum atomic E-state index is 11.6. The first-order chi connectivity index (χ1) is 11.2. The summed E-state index contributed by atoms with van der Waals surface area (Å²) in [5.41, 5.74) is 2.45. The molecule has 5 heteroatoms. The zero-order valence-electron chi connectivity index (χ0n) is 13.6. The molecule has 1 aliphatic heterocycles. The summed E-state index contributed by atoms with van der Waals surface area (Å²) in [4.78, 5) is 17.5. The molecular weight excluding hydrogens is 290 g/mol. The predicted molar refractivity (Wildman–Crippen MR) is 88.0 cm³/mol. The molecule has 5 nitrogen and oxygen atoms in total. The van der Waals surface area contributed by atoms with E-state index in [4.69, 9.17) is 10.00 Å². The normalized spacial score (nSPS) is 16.3. The van der Waals surface area contributed by atoms with Crippen molar-refractivity contribution in [3.8, 4) is 6.07 Å². The minimum Gasteiger partial charge on any atom is -0.465 e. The lowest BCUT2D eigenvalue weighted by Crippen LogP contribution is -3.08. The Bertz CT molecular complexity index is 586. The van der Waals surface area contributed by atoms with E-state index in [9.17, 15) is 4.79 Å². The van der Waals surface area contributed by atoms with Crippen LogP contribution in [0.1, 0.15) is 30.9 Å². The SMILES string of the molecule is CCOC(=O)[C@H](C#N)C=NCc1ccccc1C[NH+]1CCCC1. The number of nitriles is 1. The van der Waals surface area contributed by atoms with Gasteiger partial charge in [0.1, 0.15) is 6.54 Å². The Hall–Kier alpha value is -2.19. The van der Waals surface area contributed by atoms with Gasteiger partial charge in [-0.15, -0.1) is 0 Å². The summed E-state index contributed by atoms with van der Waals surface area (Å²) in [6.45, 7) is 5.97. The van der Waals surface area contributed by atoms with E-state index in [2.05, 4.69) is 23.2 Å². The van der Waals surface area contributed by atoms with Crippen molar-refractivity contribution >= 4 is 12.2 Å². The van der Waals surface area contributed by atoms with Gasteiger partial charge in [-0.2, -0.15) is 5.26 Å². The monoisotopic (exact) mass is 314 g/mol. The van der Waals surface area contributed by atoms with Crippen LogP contribution in [-0.2, 0) is 22.6 Å². The van der Waals surface area contributed by atoms with Crippen molar-refractivity contribution in [1.82, 2.24) is 0 Å². The average Bonchev–Trinajstić information content (AvgIpc) is 3.06. The van der Waals surface area contributed by atoms with Gasteiger partial charge in [0.2, 0.25) is 0 Å². The van der Waals surface area contributed by atoms with Crippen LogP contribution in [0.25, 0.3) is 0 Å². The van der Waals surface area contributed by atoms with E-state index < -0.39 is 11.9 Å². The minimum atomic E-state index is -0.925. The molecule has 1 atom stereocenters. The maximum Gasteiger partial charge on any atom is 0.328 e. The van der Waals surface area contributed by atoms with Crippen LogP contribution >= 0.6 is 0 Å². The van der Waals surface area contributed by atoms with Crippen LogP contribution < -0.4 is 4.90 Å². The minimum absolute atomic E-state index is 0.270. The molecule has 1 fully saturated rings. The van der Waals surface area contributed by atoms with Gasteiger partial charge in [0.15, 0.2) is 5.92 Å². The summed E-state index contributed by atoms with van der Waals surface area (Å²) in [5.74, 6) is -1.46. The lowest BCUT2D eigenvalue weighted by Gasteiger charge is -2.14. The molecule has 0 aliphatic carbocycles. The highest BCUT2D eigenvalue weighted by Gasteiger charge is 2.18. The Morgan fingerprint density at radius 3 is 2.74 bits per heavy atom. The van der Waals surface area contributed by atoms with Crippen LogP contribution in [0.5, 0.6) is 0 Å². The Balaban J connectivity index is 1.98. The Morgan fingerprint density at radius 2 is 2.09 bits per heavy atom. The smallest absolute Gasteiger partial charge is 0.328 e. The predicted octanol–water partition coefficient (Wildman–Crippen LogP) is 1.14. The van der Waals surface area contributed by atoms with Gasteiger partial charge in [-0.1, -0.05) is 24.3 Å². The number of aliphatic imine (C=N–C) groups is 1. The molecule has 0 spiro atoms. The molecule has 1 aromatic carbocycles. The third kappa shape index (κ3) is 5.19. The molecule has 23 heavy (non-hydrogen) atoms. The zero-order valence-corrected chi connectivity index (χ0v) is 13.6. The fourth-order valence-electron chi connectivity index (χ4n) is 2.84. The number of ether oxygens (including phenoxy) is 1. The molecule has 0 radical (unpaired) electrons.